The van der Waals surface area contributed by atoms with E-state index >= 15 is 0 Å². The Morgan fingerprint density at radius 2 is 2.09 bits per heavy atom. The summed E-state index contributed by atoms with van der Waals surface area (Å²) in [6, 6.07) is 0. The van der Waals surface area contributed by atoms with Gasteiger partial charge < -0.3 is 5.11 Å². The summed E-state index contributed by atoms with van der Waals surface area (Å²) in [4.78, 5) is 10.9. The van der Waals surface area contributed by atoms with Gasteiger partial charge in [0, 0.05) is 0 Å². The zero-order valence-electron chi connectivity index (χ0n) is 6.37. The van der Waals surface area contributed by atoms with Gasteiger partial charge in [0.25, 0.3) is 0 Å². The Kier molecular flexibility index (Phi) is 2.26. The molecule has 0 fully saturated rings. The second-order valence-electron chi connectivity index (χ2n) is 2.40. The number of carbonyl (C=O) groups is 1. The van der Waals surface area contributed by atoms with Gasteiger partial charge in [-0.3, -0.25) is 4.79 Å². The number of hydrogen-bond acceptors (Lipinski definition) is 2. The average molecular weight is 150 g/mol. The third-order valence-electron chi connectivity index (χ3n) is 1.49. The van der Waals surface area contributed by atoms with Gasteiger partial charge in [0.05, 0.1) is 5.57 Å². The van der Waals surface area contributed by atoms with E-state index in [0.29, 0.717) is 5.57 Å². The Labute approximate surface area is 65.5 Å². The lowest BCUT2D eigenvalue weighted by molar-refractivity contribution is -0.113. The van der Waals surface area contributed by atoms with E-state index in [1.165, 1.54) is 6.92 Å². The quantitative estimate of drug-likeness (QED) is 0.619. The Morgan fingerprint density at radius 3 is 2.73 bits per heavy atom. The zero-order valence-corrected chi connectivity index (χ0v) is 6.37. The van der Waals surface area contributed by atoms with E-state index in [4.69, 9.17) is 0 Å². The summed E-state index contributed by atoms with van der Waals surface area (Å²) in [5.74, 6) is -0.0449. The first kappa shape index (κ1) is 7.79. The predicted molar refractivity (Wildman–Crippen MR) is 43.2 cm³/mol. The first-order valence-electron chi connectivity index (χ1n) is 3.49. The molecule has 0 aromatic heterocycles. The Balaban J connectivity index is 3.04. The van der Waals surface area contributed by atoms with Crippen molar-refractivity contribution in [2.75, 3.05) is 0 Å². The van der Waals surface area contributed by atoms with Gasteiger partial charge >= 0.3 is 0 Å². The molecule has 0 bridgehead atoms. The minimum atomic E-state index is -0.106. The highest BCUT2D eigenvalue weighted by Crippen LogP contribution is 2.10. The van der Waals surface area contributed by atoms with E-state index in [2.05, 4.69) is 0 Å². The van der Waals surface area contributed by atoms with E-state index in [1.807, 2.05) is 12.2 Å². The summed E-state index contributed by atoms with van der Waals surface area (Å²) >= 11 is 0. The van der Waals surface area contributed by atoms with Crippen molar-refractivity contribution in [1.29, 1.82) is 0 Å². The molecule has 2 nitrogen and oxygen atoms in total. The highest BCUT2D eigenvalue weighted by Gasteiger charge is 2.05. The van der Waals surface area contributed by atoms with Crippen LogP contribution in [0.2, 0.25) is 0 Å². The molecule has 2 heteroatoms. The second kappa shape index (κ2) is 3.19. The van der Waals surface area contributed by atoms with E-state index in [0.717, 1.165) is 6.42 Å². The summed E-state index contributed by atoms with van der Waals surface area (Å²) in [6.07, 6.45) is 7.62. The normalized spacial score (nSPS) is 16.8. The summed E-state index contributed by atoms with van der Waals surface area (Å²) < 4.78 is 0. The largest absolute Gasteiger partial charge is 0.507 e. The molecular weight excluding hydrogens is 140 g/mol. The summed E-state index contributed by atoms with van der Waals surface area (Å²) in [7, 11) is 0. The molecule has 1 aliphatic rings. The molecule has 1 N–H and O–H groups in total. The van der Waals surface area contributed by atoms with Crippen LogP contribution < -0.4 is 0 Å². The predicted octanol–water partition coefficient (Wildman–Crippen LogP) is 1.90. The fraction of sp³-hybridized carbons (Fsp3) is 0.222. The summed E-state index contributed by atoms with van der Waals surface area (Å²) in [5, 5.41) is 9.24. The first-order chi connectivity index (χ1) is 5.22. The number of aliphatic hydroxyl groups is 1. The van der Waals surface area contributed by atoms with Crippen LogP contribution in [-0.2, 0) is 4.79 Å². The topological polar surface area (TPSA) is 37.3 Å². The molecule has 11 heavy (non-hydrogen) atoms. The summed E-state index contributed by atoms with van der Waals surface area (Å²) in [5.41, 5.74) is 0.388. The number of carbonyl (C=O) groups excluding carboxylic acids is 1. The van der Waals surface area contributed by atoms with E-state index in [-0.39, 0.29) is 11.5 Å². The maximum atomic E-state index is 10.9. The fourth-order valence-corrected chi connectivity index (χ4v) is 0.917. The number of allylic oxidation sites excluding steroid dienone is 5. The molecule has 0 aromatic rings. The minimum absolute atomic E-state index is 0.0613. The van der Waals surface area contributed by atoms with Gasteiger partial charge in [-0.2, -0.15) is 0 Å². The molecule has 0 radical (unpaired) electrons. The summed E-state index contributed by atoms with van der Waals surface area (Å²) in [6.45, 7) is 1.44. The maximum Gasteiger partial charge on any atom is 0.163 e. The Hall–Kier alpha value is -1.31. The van der Waals surface area contributed by atoms with Crippen LogP contribution in [0.15, 0.2) is 35.6 Å². The lowest BCUT2D eigenvalue weighted by atomic mass is 10.1. The highest BCUT2D eigenvalue weighted by molar-refractivity contribution is 5.97. The van der Waals surface area contributed by atoms with Gasteiger partial charge in [0.2, 0.25) is 0 Å². The van der Waals surface area contributed by atoms with Crippen LogP contribution in [0, 0.1) is 0 Å². The van der Waals surface area contributed by atoms with Crippen molar-refractivity contribution in [3.63, 3.8) is 0 Å². The van der Waals surface area contributed by atoms with Gasteiger partial charge in [-0.25, -0.2) is 0 Å². The maximum absolute atomic E-state index is 10.9. The van der Waals surface area contributed by atoms with Gasteiger partial charge in [0.15, 0.2) is 5.78 Å². The van der Waals surface area contributed by atoms with Crippen molar-refractivity contribution in [3.05, 3.63) is 35.6 Å². The molecule has 0 saturated heterocycles. The monoisotopic (exact) mass is 150 g/mol. The van der Waals surface area contributed by atoms with E-state index in [1.54, 1.807) is 12.2 Å². The molecule has 1 aliphatic carbocycles. The Morgan fingerprint density at radius 1 is 1.45 bits per heavy atom. The van der Waals surface area contributed by atoms with Crippen LogP contribution in [0.5, 0.6) is 0 Å². The highest BCUT2D eigenvalue weighted by atomic mass is 16.3. The number of Topliss-reactive ketones (excluding diaryl/α,β-unsaturated/α-hetero) is 1. The average Bonchev–Trinajstić information content (AvgIpc) is 2.13. The zero-order chi connectivity index (χ0) is 8.27. The molecule has 0 atom stereocenters. The number of rotatable bonds is 1. The van der Waals surface area contributed by atoms with Crippen LogP contribution in [0.25, 0.3) is 0 Å². The fourth-order valence-electron chi connectivity index (χ4n) is 0.917. The van der Waals surface area contributed by atoms with Crippen molar-refractivity contribution in [2.45, 2.75) is 13.3 Å². The number of hydrogen-bond donors (Lipinski definition) is 1. The van der Waals surface area contributed by atoms with Crippen molar-refractivity contribution >= 4 is 5.78 Å². The molecular formula is C9H10O2. The molecule has 0 aliphatic heterocycles. The second-order valence-corrected chi connectivity index (χ2v) is 2.40. The van der Waals surface area contributed by atoms with Gasteiger partial charge in [-0.15, -0.1) is 0 Å². The standard InChI is InChI=1S/C9H10O2/c1-7(10)8-5-3-2-4-6-9(8)11/h3-6,11H,2H2,1H3. The van der Waals surface area contributed by atoms with Crippen LogP contribution in [-0.4, -0.2) is 10.9 Å². The number of aliphatic hydroxyl groups excluding tert-OH is 1. The van der Waals surface area contributed by atoms with Crippen molar-refractivity contribution in [2.24, 2.45) is 0 Å². The molecule has 0 aromatic carbocycles. The molecule has 0 saturated carbocycles. The molecule has 0 spiro atoms. The van der Waals surface area contributed by atoms with Crippen LogP contribution in [0.3, 0.4) is 0 Å². The van der Waals surface area contributed by atoms with E-state index < -0.39 is 0 Å². The third-order valence-corrected chi connectivity index (χ3v) is 1.49. The molecule has 0 unspecified atom stereocenters. The van der Waals surface area contributed by atoms with Crippen LogP contribution >= 0.6 is 0 Å². The first-order valence-corrected chi connectivity index (χ1v) is 3.49. The van der Waals surface area contributed by atoms with Gasteiger partial charge in [-0.05, 0) is 19.4 Å². The SMILES string of the molecule is CC(=O)C1=C(O)C=CCC=C1. The van der Waals surface area contributed by atoms with Crippen molar-refractivity contribution in [3.8, 4) is 0 Å². The van der Waals surface area contributed by atoms with Crippen LogP contribution in [0.1, 0.15) is 13.3 Å². The molecule has 58 valence electrons. The lowest BCUT2D eigenvalue weighted by Crippen LogP contribution is -1.96. The van der Waals surface area contributed by atoms with Crippen molar-refractivity contribution < 1.29 is 9.90 Å². The van der Waals surface area contributed by atoms with E-state index in [9.17, 15) is 9.90 Å². The molecule has 0 amide bonds. The number of ketones is 1. The van der Waals surface area contributed by atoms with Gasteiger partial charge in [0.1, 0.15) is 5.76 Å². The molecule has 1 rings (SSSR count). The van der Waals surface area contributed by atoms with Crippen LogP contribution in [0.4, 0.5) is 0 Å². The third kappa shape index (κ3) is 1.80. The lowest BCUT2D eigenvalue weighted by Gasteiger charge is -1.95. The van der Waals surface area contributed by atoms with Crippen molar-refractivity contribution in [1.82, 2.24) is 0 Å². The Bertz CT molecular complexity index is 257. The molecule has 0 heterocycles. The van der Waals surface area contributed by atoms with Gasteiger partial charge in [-0.1, -0.05) is 18.2 Å². The smallest absolute Gasteiger partial charge is 0.163 e. The minimum Gasteiger partial charge on any atom is -0.507 e.